The number of ether oxygens (including phenoxy) is 2. The average Bonchev–Trinajstić information content (AvgIpc) is 2.54. The van der Waals surface area contributed by atoms with Crippen LogP contribution in [0, 0.1) is 17.2 Å². The minimum absolute atomic E-state index is 0.0554. The Morgan fingerprint density at radius 1 is 1.35 bits per heavy atom. The van der Waals surface area contributed by atoms with Crippen LogP contribution in [0.1, 0.15) is 20.8 Å². The molecule has 23 heavy (non-hydrogen) atoms. The third kappa shape index (κ3) is 6.41. The SMILES string of the molecule is COc1ccc(OCCSCC(=O)NC(C)(C#N)C(C)C)cc1. The summed E-state index contributed by atoms with van der Waals surface area (Å²) in [6.07, 6.45) is 0. The zero-order valence-corrected chi connectivity index (χ0v) is 14.9. The van der Waals surface area contributed by atoms with Crippen molar-refractivity contribution in [1.29, 1.82) is 5.26 Å². The van der Waals surface area contributed by atoms with Crippen LogP contribution in [0.15, 0.2) is 24.3 Å². The predicted octanol–water partition coefficient (Wildman–Crippen LogP) is 2.86. The summed E-state index contributed by atoms with van der Waals surface area (Å²) < 4.78 is 10.7. The Morgan fingerprint density at radius 2 is 1.96 bits per heavy atom. The molecule has 1 N–H and O–H groups in total. The lowest BCUT2D eigenvalue weighted by Crippen LogP contribution is -2.49. The van der Waals surface area contributed by atoms with E-state index in [1.165, 1.54) is 11.8 Å². The van der Waals surface area contributed by atoms with E-state index in [1.54, 1.807) is 14.0 Å². The highest BCUT2D eigenvalue weighted by molar-refractivity contribution is 7.99. The minimum Gasteiger partial charge on any atom is -0.497 e. The van der Waals surface area contributed by atoms with E-state index in [0.29, 0.717) is 18.1 Å². The van der Waals surface area contributed by atoms with Gasteiger partial charge in [0.25, 0.3) is 0 Å². The van der Waals surface area contributed by atoms with Gasteiger partial charge in [0, 0.05) is 5.75 Å². The molecule has 1 amide bonds. The largest absolute Gasteiger partial charge is 0.497 e. The molecule has 0 radical (unpaired) electrons. The van der Waals surface area contributed by atoms with E-state index in [0.717, 1.165) is 11.5 Å². The van der Waals surface area contributed by atoms with Crippen molar-refractivity contribution >= 4 is 17.7 Å². The van der Waals surface area contributed by atoms with Crippen molar-refractivity contribution in [1.82, 2.24) is 5.32 Å². The molecule has 5 nitrogen and oxygen atoms in total. The van der Waals surface area contributed by atoms with Crippen molar-refractivity contribution in [2.24, 2.45) is 5.92 Å². The highest BCUT2D eigenvalue weighted by Crippen LogP contribution is 2.18. The van der Waals surface area contributed by atoms with Gasteiger partial charge in [0.05, 0.1) is 25.5 Å². The van der Waals surface area contributed by atoms with Gasteiger partial charge >= 0.3 is 0 Å². The van der Waals surface area contributed by atoms with Gasteiger partial charge in [-0.05, 0) is 37.1 Å². The summed E-state index contributed by atoms with van der Waals surface area (Å²) in [4.78, 5) is 11.9. The number of amides is 1. The molecule has 0 heterocycles. The third-order valence-corrected chi connectivity index (χ3v) is 4.50. The molecule has 0 bridgehead atoms. The molecule has 0 spiro atoms. The van der Waals surface area contributed by atoms with Crippen molar-refractivity contribution in [3.05, 3.63) is 24.3 Å². The molecule has 0 aliphatic carbocycles. The van der Waals surface area contributed by atoms with Gasteiger partial charge in [-0.3, -0.25) is 4.79 Å². The second kappa shape index (κ2) is 9.31. The molecule has 1 atom stereocenters. The van der Waals surface area contributed by atoms with Crippen molar-refractivity contribution in [2.45, 2.75) is 26.3 Å². The van der Waals surface area contributed by atoms with Gasteiger partial charge in [-0.1, -0.05) is 13.8 Å². The van der Waals surface area contributed by atoms with Crippen molar-refractivity contribution in [3.8, 4) is 17.6 Å². The number of nitrogens with one attached hydrogen (secondary N) is 1. The molecule has 6 heteroatoms. The number of hydrogen-bond donors (Lipinski definition) is 1. The number of benzene rings is 1. The quantitative estimate of drug-likeness (QED) is 0.702. The Morgan fingerprint density at radius 3 is 2.48 bits per heavy atom. The highest BCUT2D eigenvalue weighted by atomic mass is 32.2. The lowest BCUT2D eigenvalue weighted by atomic mass is 9.90. The molecular formula is C17H24N2O3S. The monoisotopic (exact) mass is 336 g/mol. The first-order valence-corrected chi connectivity index (χ1v) is 8.63. The number of hydrogen-bond acceptors (Lipinski definition) is 5. The maximum absolute atomic E-state index is 11.9. The molecule has 0 fully saturated rings. The van der Waals surface area contributed by atoms with Crippen LogP contribution >= 0.6 is 11.8 Å². The molecule has 0 aliphatic heterocycles. The smallest absolute Gasteiger partial charge is 0.231 e. The summed E-state index contributed by atoms with van der Waals surface area (Å²) in [5.74, 6) is 2.50. The van der Waals surface area contributed by atoms with E-state index in [2.05, 4.69) is 11.4 Å². The lowest BCUT2D eigenvalue weighted by Gasteiger charge is -2.27. The number of carbonyl (C=O) groups excluding carboxylic acids is 1. The molecular weight excluding hydrogens is 312 g/mol. The van der Waals surface area contributed by atoms with Gasteiger partial charge < -0.3 is 14.8 Å². The minimum atomic E-state index is -0.822. The number of carbonyl (C=O) groups is 1. The number of thioether (sulfide) groups is 1. The van der Waals surface area contributed by atoms with Gasteiger partial charge in [0.2, 0.25) is 5.91 Å². The van der Waals surface area contributed by atoms with Crippen LogP contribution in [-0.2, 0) is 4.79 Å². The molecule has 0 saturated carbocycles. The molecule has 1 rings (SSSR count). The van der Waals surface area contributed by atoms with Crippen molar-refractivity contribution in [3.63, 3.8) is 0 Å². The van der Waals surface area contributed by atoms with E-state index in [-0.39, 0.29) is 11.8 Å². The molecule has 1 unspecified atom stereocenters. The topological polar surface area (TPSA) is 71.3 Å². The Kier molecular flexibility index (Phi) is 7.76. The van der Waals surface area contributed by atoms with Crippen LogP contribution in [0.3, 0.4) is 0 Å². The van der Waals surface area contributed by atoms with Crippen LogP contribution in [0.4, 0.5) is 0 Å². The summed E-state index contributed by atoms with van der Waals surface area (Å²) in [7, 11) is 1.62. The van der Waals surface area contributed by atoms with E-state index in [9.17, 15) is 10.1 Å². The van der Waals surface area contributed by atoms with Gasteiger partial charge in [-0.15, -0.1) is 11.8 Å². The van der Waals surface area contributed by atoms with Crippen LogP contribution in [0.25, 0.3) is 0 Å². The highest BCUT2D eigenvalue weighted by Gasteiger charge is 2.29. The van der Waals surface area contributed by atoms with E-state index in [4.69, 9.17) is 9.47 Å². The maximum atomic E-state index is 11.9. The first-order chi connectivity index (χ1) is 10.9. The second-order valence-corrected chi connectivity index (χ2v) is 6.70. The Bertz CT molecular complexity index is 540. The molecule has 1 aromatic rings. The van der Waals surface area contributed by atoms with Gasteiger partial charge in [-0.25, -0.2) is 0 Å². The summed E-state index contributed by atoms with van der Waals surface area (Å²) in [6, 6.07) is 9.53. The van der Waals surface area contributed by atoms with Crippen molar-refractivity contribution in [2.75, 3.05) is 25.2 Å². The number of rotatable bonds is 9. The van der Waals surface area contributed by atoms with Gasteiger partial charge in [-0.2, -0.15) is 5.26 Å². The zero-order chi connectivity index (χ0) is 17.3. The second-order valence-electron chi connectivity index (χ2n) is 5.59. The van der Waals surface area contributed by atoms with Gasteiger partial charge in [0.1, 0.15) is 17.0 Å². The fourth-order valence-corrected chi connectivity index (χ4v) is 2.29. The fraction of sp³-hybridized carbons (Fsp3) is 0.529. The number of nitriles is 1. The van der Waals surface area contributed by atoms with Crippen LogP contribution in [0.5, 0.6) is 11.5 Å². The normalized spacial score (nSPS) is 13.0. The van der Waals surface area contributed by atoms with Crippen molar-refractivity contribution < 1.29 is 14.3 Å². The Hall–Kier alpha value is -1.87. The maximum Gasteiger partial charge on any atom is 0.231 e. The predicted molar refractivity (Wildman–Crippen MR) is 92.8 cm³/mol. The standard InChI is InChI=1S/C17H24N2O3S/c1-13(2)17(3,12-18)19-16(20)11-23-10-9-22-15-7-5-14(21-4)6-8-15/h5-8,13H,9-11H2,1-4H3,(H,19,20). The molecule has 126 valence electrons. The lowest BCUT2D eigenvalue weighted by molar-refractivity contribution is -0.120. The van der Waals surface area contributed by atoms with E-state index < -0.39 is 5.54 Å². The molecule has 0 saturated heterocycles. The van der Waals surface area contributed by atoms with Crippen LogP contribution in [0.2, 0.25) is 0 Å². The van der Waals surface area contributed by atoms with E-state index in [1.807, 2.05) is 38.1 Å². The summed E-state index contributed by atoms with van der Waals surface area (Å²) in [6.45, 7) is 6.09. The first-order valence-electron chi connectivity index (χ1n) is 7.48. The summed E-state index contributed by atoms with van der Waals surface area (Å²) >= 11 is 1.48. The first kappa shape index (κ1) is 19.2. The third-order valence-electron chi connectivity index (χ3n) is 3.58. The average molecular weight is 336 g/mol. The number of nitrogens with zero attached hydrogens (tertiary/aromatic N) is 1. The molecule has 0 aliphatic rings. The van der Waals surface area contributed by atoms with Crippen LogP contribution < -0.4 is 14.8 Å². The molecule has 1 aromatic carbocycles. The fourth-order valence-electron chi connectivity index (χ4n) is 1.68. The van der Waals surface area contributed by atoms with E-state index >= 15 is 0 Å². The zero-order valence-electron chi connectivity index (χ0n) is 14.1. The van der Waals surface area contributed by atoms with Gasteiger partial charge in [0.15, 0.2) is 0 Å². The Balaban J connectivity index is 2.24. The van der Waals surface area contributed by atoms with Crippen LogP contribution in [-0.4, -0.2) is 36.7 Å². The Labute approximate surface area is 142 Å². The summed E-state index contributed by atoms with van der Waals surface area (Å²) in [5.41, 5.74) is -0.822. The molecule has 0 aromatic heterocycles. The number of methoxy groups -OCH3 is 1. The summed E-state index contributed by atoms with van der Waals surface area (Å²) in [5, 5.41) is 12.0.